The number of phenolic OH excluding ortho intramolecular Hbond substituents is 1. The van der Waals surface area contributed by atoms with Crippen molar-refractivity contribution in [3.63, 3.8) is 0 Å². The first-order valence-electron chi connectivity index (χ1n) is 7.22. The fraction of sp³-hybridized carbons (Fsp3) is 0.500. The highest BCUT2D eigenvalue weighted by Gasteiger charge is 2.42. The lowest BCUT2D eigenvalue weighted by molar-refractivity contribution is -0.152. The van der Waals surface area contributed by atoms with Crippen LogP contribution in [0.15, 0.2) is 18.2 Å². The number of amides is 1. The van der Waals surface area contributed by atoms with Crippen molar-refractivity contribution in [3.8, 4) is 5.75 Å². The monoisotopic (exact) mass is 291 g/mol. The van der Waals surface area contributed by atoms with E-state index < -0.39 is 11.4 Å². The van der Waals surface area contributed by atoms with Crippen LogP contribution >= 0.6 is 0 Å². The number of aromatic hydroxyl groups is 1. The number of likely N-dealkylation sites (tertiary alicyclic amines) is 1. The fourth-order valence-electron chi connectivity index (χ4n) is 2.94. The molecular formula is C16H21NO4. The van der Waals surface area contributed by atoms with Crippen LogP contribution in [0.3, 0.4) is 0 Å². The van der Waals surface area contributed by atoms with Crippen LogP contribution in [0.25, 0.3) is 0 Å². The van der Waals surface area contributed by atoms with Crippen molar-refractivity contribution in [1.82, 2.24) is 4.90 Å². The summed E-state index contributed by atoms with van der Waals surface area (Å²) in [5, 5.41) is 19.2. The molecule has 1 fully saturated rings. The van der Waals surface area contributed by atoms with E-state index in [9.17, 15) is 19.8 Å². The van der Waals surface area contributed by atoms with Crippen molar-refractivity contribution in [2.45, 2.75) is 33.1 Å². The first kappa shape index (κ1) is 15.4. The van der Waals surface area contributed by atoms with Gasteiger partial charge in [0, 0.05) is 24.2 Å². The van der Waals surface area contributed by atoms with Crippen molar-refractivity contribution in [3.05, 3.63) is 29.3 Å². The summed E-state index contributed by atoms with van der Waals surface area (Å²) < 4.78 is 0. The Kier molecular flexibility index (Phi) is 4.21. The van der Waals surface area contributed by atoms with Gasteiger partial charge in [-0.25, -0.2) is 0 Å². The van der Waals surface area contributed by atoms with Crippen LogP contribution in [-0.2, 0) is 4.79 Å². The molecule has 1 aliphatic rings. The normalized spacial score (nSPS) is 22.1. The maximum absolute atomic E-state index is 12.6. The van der Waals surface area contributed by atoms with E-state index in [0.717, 1.165) is 0 Å². The molecule has 1 aliphatic heterocycles. The van der Waals surface area contributed by atoms with E-state index in [1.165, 1.54) is 6.07 Å². The molecule has 0 radical (unpaired) electrons. The third-order valence-corrected chi connectivity index (χ3v) is 4.53. The van der Waals surface area contributed by atoms with E-state index in [4.69, 9.17) is 0 Å². The summed E-state index contributed by atoms with van der Waals surface area (Å²) >= 11 is 0. The second-order valence-corrected chi connectivity index (χ2v) is 5.72. The van der Waals surface area contributed by atoms with Gasteiger partial charge in [-0.05, 0) is 38.3 Å². The Hall–Kier alpha value is -2.04. The highest BCUT2D eigenvalue weighted by molar-refractivity contribution is 5.96. The first-order valence-corrected chi connectivity index (χ1v) is 7.22. The van der Waals surface area contributed by atoms with Gasteiger partial charge in [0.15, 0.2) is 0 Å². The van der Waals surface area contributed by atoms with Gasteiger partial charge in [0.2, 0.25) is 0 Å². The van der Waals surface area contributed by atoms with Crippen molar-refractivity contribution in [2.75, 3.05) is 13.1 Å². The van der Waals surface area contributed by atoms with E-state index in [1.807, 2.05) is 6.92 Å². The number of carboxylic acid groups (broad SMARTS) is 1. The minimum Gasteiger partial charge on any atom is -0.508 e. The average Bonchev–Trinajstić information content (AvgIpc) is 2.49. The van der Waals surface area contributed by atoms with E-state index in [1.54, 1.807) is 24.0 Å². The van der Waals surface area contributed by atoms with Gasteiger partial charge in [-0.3, -0.25) is 9.59 Å². The number of benzene rings is 1. The van der Waals surface area contributed by atoms with E-state index in [-0.39, 0.29) is 18.2 Å². The van der Waals surface area contributed by atoms with Crippen LogP contribution < -0.4 is 0 Å². The molecule has 2 N–H and O–H groups in total. The minimum atomic E-state index is -0.849. The Balaban J connectivity index is 2.27. The number of hydrogen-bond acceptors (Lipinski definition) is 3. The predicted octanol–water partition coefficient (Wildman–Crippen LogP) is 2.42. The molecule has 1 saturated heterocycles. The molecule has 1 amide bonds. The van der Waals surface area contributed by atoms with Gasteiger partial charge in [-0.1, -0.05) is 13.0 Å². The van der Waals surface area contributed by atoms with Crippen molar-refractivity contribution < 1.29 is 19.8 Å². The number of nitrogens with zero attached hydrogens (tertiary/aromatic N) is 1. The number of rotatable bonds is 3. The minimum absolute atomic E-state index is 0.0813. The van der Waals surface area contributed by atoms with Gasteiger partial charge in [0.25, 0.3) is 5.91 Å². The predicted molar refractivity (Wildman–Crippen MR) is 78.3 cm³/mol. The van der Waals surface area contributed by atoms with Crippen LogP contribution in [0, 0.1) is 12.3 Å². The Morgan fingerprint density at radius 1 is 1.38 bits per heavy atom. The maximum Gasteiger partial charge on any atom is 0.311 e. The van der Waals surface area contributed by atoms with Gasteiger partial charge in [-0.15, -0.1) is 0 Å². The Morgan fingerprint density at radius 2 is 2.10 bits per heavy atom. The highest BCUT2D eigenvalue weighted by Crippen LogP contribution is 2.34. The zero-order chi connectivity index (χ0) is 15.6. The van der Waals surface area contributed by atoms with Gasteiger partial charge in [-0.2, -0.15) is 0 Å². The number of carboxylic acids is 1. The number of carbonyl (C=O) groups is 2. The zero-order valence-electron chi connectivity index (χ0n) is 12.4. The number of carbonyl (C=O) groups excluding carboxylic acids is 1. The molecule has 5 heteroatoms. The van der Waals surface area contributed by atoms with Crippen molar-refractivity contribution in [1.29, 1.82) is 0 Å². The summed E-state index contributed by atoms with van der Waals surface area (Å²) in [5.74, 6) is -0.963. The number of hydrogen-bond donors (Lipinski definition) is 2. The van der Waals surface area contributed by atoms with E-state index in [0.29, 0.717) is 36.9 Å². The molecule has 21 heavy (non-hydrogen) atoms. The molecule has 5 nitrogen and oxygen atoms in total. The first-order chi connectivity index (χ1) is 9.91. The highest BCUT2D eigenvalue weighted by atomic mass is 16.4. The van der Waals surface area contributed by atoms with Gasteiger partial charge >= 0.3 is 5.97 Å². The third kappa shape index (κ3) is 2.73. The summed E-state index contributed by atoms with van der Waals surface area (Å²) in [6, 6.07) is 4.83. The summed E-state index contributed by atoms with van der Waals surface area (Å²) in [5.41, 5.74) is 0.122. The average molecular weight is 291 g/mol. The Labute approximate surface area is 124 Å². The molecule has 1 aromatic carbocycles. The number of phenols is 1. The molecule has 1 unspecified atom stereocenters. The molecule has 0 bridgehead atoms. The lowest BCUT2D eigenvalue weighted by Crippen LogP contribution is -2.49. The van der Waals surface area contributed by atoms with Crippen LogP contribution in [0.4, 0.5) is 0 Å². The van der Waals surface area contributed by atoms with Crippen molar-refractivity contribution >= 4 is 11.9 Å². The molecule has 114 valence electrons. The van der Waals surface area contributed by atoms with Gasteiger partial charge in [0.05, 0.1) is 5.41 Å². The summed E-state index contributed by atoms with van der Waals surface area (Å²) in [6.07, 6.45) is 1.79. The van der Waals surface area contributed by atoms with E-state index in [2.05, 4.69) is 0 Å². The lowest BCUT2D eigenvalue weighted by Gasteiger charge is -2.39. The molecule has 0 aromatic heterocycles. The van der Waals surface area contributed by atoms with Crippen LogP contribution in [0.2, 0.25) is 0 Å². The summed E-state index contributed by atoms with van der Waals surface area (Å²) in [7, 11) is 0. The standard InChI is InChI=1S/C16H21NO4/c1-3-16(15(20)21)8-5-9-17(10-16)14(19)12-6-4-7-13(18)11(12)2/h4,6-7,18H,3,5,8-10H2,1-2H3,(H,20,21). The van der Waals surface area contributed by atoms with Gasteiger partial charge < -0.3 is 15.1 Å². The number of piperidine rings is 1. The molecule has 0 saturated carbocycles. The molecule has 1 heterocycles. The third-order valence-electron chi connectivity index (χ3n) is 4.53. The van der Waals surface area contributed by atoms with Crippen LogP contribution in [0.5, 0.6) is 5.75 Å². The topological polar surface area (TPSA) is 77.8 Å². The second kappa shape index (κ2) is 5.76. The van der Waals surface area contributed by atoms with Crippen LogP contribution in [-0.4, -0.2) is 40.1 Å². The SMILES string of the molecule is CCC1(C(=O)O)CCCN(C(=O)c2cccc(O)c2C)C1. The molecule has 1 aromatic rings. The molecular weight excluding hydrogens is 270 g/mol. The second-order valence-electron chi connectivity index (χ2n) is 5.72. The summed E-state index contributed by atoms with van der Waals surface area (Å²) in [6.45, 7) is 4.33. The smallest absolute Gasteiger partial charge is 0.311 e. The quantitative estimate of drug-likeness (QED) is 0.896. The zero-order valence-corrected chi connectivity index (χ0v) is 12.4. The van der Waals surface area contributed by atoms with E-state index >= 15 is 0 Å². The Bertz CT molecular complexity index is 569. The largest absolute Gasteiger partial charge is 0.508 e. The molecule has 0 spiro atoms. The molecule has 0 aliphatic carbocycles. The summed E-state index contributed by atoms with van der Waals surface area (Å²) in [4.78, 5) is 25.8. The van der Waals surface area contributed by atoms with Crippen LogP contribution in [0.1, 0.15) is 42.1 Å². The Morgan fingerprint density at radius 3 is 2.71 bits per heavy atom. The fourth-order valence-corrected chi connectivity index (χ4v) is 2.94. The van der Waals surface area contributed by atoms with Crippen molar-refractivity contribution in [2.24, 2.45) is 5.41 Å². The van der Waals surface area contributed by atoms with Gasteiger partial charge in [0.1, 0.15) is 5.75 Å². The number of aliphatic carboxylic acids is 1. The molecule has 1 atom stereocenters. The maximum atomic E-state index is 12.6. The molecule has 2 rings (SSSR count). The lowest BCUT2D eigenvalue weighted by atomic mass is 9.77.